The number of hydrogen-bond acceptors (Lipinski definition) is 3. The molecule has 0 spiro atoms. The van der Waals surface area contributed by atoms with Crippen molar-refractivity contribution in [3.05, 3.63) is 12.3 Å². The number of carbonyl (C=O) groups is 1. The summed E-state index contributed by atoms with van der Waals surface area (Å²) in [5.74, 6) is -0.369. The fraction of sp³-hybridized carbons (Fsp3) is 0.500. The van der Waals surface area contributed by atoms with Crippen molar-refractivity contribution >= 4 is 5.97 Å². The van der Waals surface area contributed by atoms with E-state index < -0.39 is 0 Å². The Hall–Kier alpha value is 0.815. The number of nitrogens with one attached hydrogen (secondary N) is 1. The quantitative estimate of drug-likeness (QED) is 0.237. The van der Waals surface area contributed by atoms with Crippen LogP contribution in [-0.4, -0.2) is 19.6 Å². The number of carbonyl (C=O) groups excluding carboxylic acids is 1. The van der Waals surface area contributed by atoms with E-state index in [1.807, 2.05) is 0 Å². The van der Waals surface area contributed by atoms with Crippen molar-refractivity contribution in [2.75, 3.05) is 13.7 Å². The molecule has 0 aromatic carbocycles. The first-order valence-electron chi connectivity index (χ1n) is 2.73. The van der Waals surface area contributed by atoms with E-state index in [4.69, 9.17) is 0 Å². The zero-order valence-electron chi connectivity index (χ0n) is 6.60. The topological polar surface area (TPSA) is 38.3 Å². The van der Waals surface area contributed by atoms with Crippen LogP contribution in [0.25, 0.3) is 0 Å². The molecule has 0 rings (SSSR count). The predicted octanol–water partition coefficient (Wildman–Crippen LogP) is -2.91. The summed E-state index contributed by atoms with van der Waals surface area (Å²) in [5, 5.41) is 2.55. The SMILES string of the molecule is CCOC(=O)C=[C-]NC.[Rb+]. The summed E-state index contributed by atoms with van der Waals surface area (Å²) in [6, 6.07) is 0. The molecule has 10 heavy (non-hydrogen) atoms. The summed E-state index contributed by atoms with van der Waals surface area (Å²) in [4.78, 5) is 10.4. The van der Waals surface area contributed by atoms with E-state index in [2.05, 4.69) is 16.3 Å². The van der Waals surface area contributed by atoms with E-state index in [0.717, 1.165) is 0 Å². The van der Waals surface area contributed by atoms with Crippen molar-refractivity contribution in [3.8, 4) is 0 Å². The molecule has 4 heteroatoms. The van der Waals surface area contributed by atoms with Gasteiger partial charge in [-0.1, -0.05) is 0 Å². The largest absolute Gasteiger partial charge is 1.00 e. The van der Waals surface area contributed by atoms with Crippen LogP contribution in [0.15, 0.2) is 6.08 Å². The Kier molecular flexibility index (Phi) is 13.2. The fourth-order valence-electron chi connectivity index (χ4n) is 0.315. The van der Waals surface area contributed by atoms with Gasteiger partial charge in [-0.2, -0.15) is 6.20 Å². The van der Waals surface area contributed by atoms with Gasteiger partial charge in [0.2, 0.25) is 0 Å². The second-order valence-corrected chi connectivity index (χ2v) is 1.29. The van der Waals surface area contributed by atoms with Crippen LogP contribution >= 0.6 is 0 Å². The second-order valence-electron chi connectivity index (χ2n) is 1.29. The summed E-state index contributed by atoms with van der Waals surface area (Å²) in [6.07, 6.45) is 3.70. The van der Waals surface area contributed by atoms with Gasteiger partial charge in [-0.15, -0.1) is 6.08 Å². The minimum absolute atomic E-state index is 0. The molecular formula is C6H10NO2Rb. The maximum Gasteiger partial charge on any atom is 1.00 e. The molecule has 52 valence electrons. The van der Waals surface area contributed by atoms with Gasteiger partial charge in [0.1, 0.15) is 0 Å². The monoisotopic (exact) mass is 213 g/mol. The minimum Gasteiger partial charge on any atom is -0.548 e. The normalized spacial score (nSPS) is 8.60. The number of hydrogen-bond donors (Lipinski definition) is 1. The molecule has 0 aromatic heterocycles. The molecule has 0 atom stereocenters. The average Bonchev–Trinajstić information content (AvgIpc) is 1.85. The molecule has 0 amide bonds. The molecule has 0 radical (unpaired) electrons. The maximum absolute atomic E-state index is 10.4. The van der Waals surface area contributed by atoms with Crippen LogP contribution in [-0.2, 0) is 9.53 Å². The fourth-order valence-corrected chi connectivity index (χ4v) is 0.315. The minimum atomic E-state index is -0.369. The first kappa shape index (κ1) is 13.4. The van der Waals surface area contributed by atoms with Crippen LogP contribution in [0, 0.1) is 6.20 Å². The zero-order valence-corrected chi connectivity index (χ0v) is 11.5. The third kappa shape index (κ3) is 8.82. The molecule has 0 saturated carbocycles. The van der Waals surface area contributed by atoms with Crippen molar-refractivity contribution in [3.63, 3.8) is 0 Å². The van der Waals surface area contributed by atoms with Crippen molar-refractivity contribution < 1.29 is 67.7 Å². The van der Waals surface area contributed by atoms with Crippen molar-refractivity contribution in [1.29, 1.82) is 0 Å². The third-order valence-corrected chi connectivity index (χ3v) is 0.621. The summed E-state index contributed by atoms with van der Waals surface area (Å²) in [6.45, 7) is 2.16. The number of rotatable bonds is 3. The van der Waals surface area contributed by atoms with Crippen molar-refractivity contribution in [2.45, 2.75) is 6.92 Å². The third-order valence-electron chi connectivity index (χ3n) is 0.621. The van der Waals surface area contributed by atoms with Gasteiger partial charge < -0.3 is 14.8 Å². The Morgan fingerprint density at radius 1 is 1.80 bits per heavy atom. The van der Waals surface area contributed by atoms with E-state index >= 15 is 0 Å². The van der Waals surface area contributed by atoms with Crippen LogP contribution in [0.2, 0.25) is 0 Å². The van der Waals surface area contributed by atoms with E-state index in [0.29, 0.717) is 6.61 Å². The summed E-state index contributed by atoms with van der Waals surface area (Å²) in [5.41, 5.74) is 0. The van der Waals surface area contributed by atoms with E-state index in [1.54, 1.807) is 14.0 Å². The van der Waals surface area contributed by atoms with Crippen molar-refractivity contribution in [2.24, 2.45) is 0 Å². The number of ether oxygens (including phenoxy) is 1. The van der Waals surface area contributed by atoms with Gasteiger partial charge in [0.15, 0.2) is 5.97 Å². The molecule has 0 aromatic rings. The van der Waals surface area contributed by atoms with Crippen molar-refractivity contribution in [1.82, 2.24) is 5.32 Å². The summed E-state index contributed by atoms with van der Waals surface area (Å²) >= 11 is 0. The zero-order chi connectivity index (χ0) is 7.11. The first-order chi connectivity index (χ1) is 4.31. The van der Waals surface area contributed by atoms with Gasteiger partial charge in [-0.05, 0) is 14.0 Å². The van der Waals surface area contributed by atoms with E-state index in [1.165, 1.54) is 6.08 Å². The standard InChI is InChI=1S/C6H10NO2.Rb/c1-3-9-6(8)4-5-7-2;/h4,7H,3H2,1-2H3;/q-1;+1. The smallest absolute Gasteiger partial charge is 0.548 e. The average molecular weight is 214 g/mol. The van der Waals surface area contributed by atoms with Crippen LogP contribution in [0.1, 0.15) is 6.92 Å². The Bertz CT molecular complexity index is 114. The Balaban J connectivity index is 0. The summed E-state index contributed by atoms with van der Waals surface area (Å²) < 4.78 is 4.55. The van der Waals surface area contributed by atoms with Crippen LogP contribution in [0.3, 0.4) is 0 Å². The van der Waals surface area contributed by atoms with Gasteiger partial charge >= 0.3 is 58.2 Å². The molecule has 0 unspecified atom stereocenters. The Morgan fingerprint density at radius 3 is 2.80 bits per heavy atom. The predicted molar refractivity (Wildman–Crippen MR) is 33.5 cm³/mol. The number of esters is 1. The van der Waals surface area contributed by atoms with Gasteiger partial charge in [-0.3, -0.25) is 0 Å². The van der Waals surface area contributed by atoms with Crippen LogP contribution in [0.5, 0.6) is 0 Å². The molecule has 0 aliphatic rings. The van der Waals surface area contributed by atoms with Gasteiger partial charge in [-0.25, -0.2) is 0 Å². The Labute approximate surface area is 110 Å². The maximum atomic E-state index is 10.4. The molecule has 0 aliphatic carbocycles. The molecule has 1 N–H and O–H groups in total. The molecular weight excluding hydrogens is 204 g/mol. The molecule has 3 nitrogen and oxygen atoms in total. The Morgan fingerprint density at radius 2 is 2.40 bits per heavy atom. The molecule has 0 saturated heterocycles. The second kappa shape index (κ2) is 9.82. The van der Waals surface area contributed by atoms with Crippen LogP contribution < -0.4 is 63.5 Å². The molecule has 0 bridgehead atoms. The van der Waals surface area contributed by atoms with Gasteiger partial charge in [0, 0.05) is 0 Å². The van der Waals surface area contributed by atoms with Crippen LogP contribution in [0.4, 0.5) is 0 Å². The van der Waals surface area contributed by atoms with Gasteiger partial charge in [0.05, 0.1) is 6.61 Å². The summed E-state index contributed by atoms with van der Waals surface area (Å²) in [7, 11) is 1.66. The van der Waals surface area contributed by atoms with E-state index in [-0.39, 0.29) is 64.2 Å². The van der Waals surface area contributed by atoms with E-state index in [9.17, 15) is 4.79 Å². The van der Waals surface area contributed by atoms with Gasteiger partial charge in [0.25, 0.3) is 0 Å². The molecule has 0 aliphatic heterocycles. The molecule has 0 fully saturated rings. The molecule has 0 heterocycles. The first-order valence-corrected chi connectivity index (χ1v) is 2.73.